The van der Waals surface area contributed by atoms with Gasteiger partial charge in [-0.1, -0.05) is 6.08 Å². The van der Waals surface area contributed by atoms with Gasteiger partial charge < -0.3 is 5.32 Å². The second kappa shape index (κ2) is 2.60. The van der Waals surface area contributed by atoms with Crippen LogP contribution in [0.3, 0.4) is 0 Å². The third kappa shape index (κ3) is 1.76. The number of hydrogen-bond donors (Lipinski definition) is 1. The van der Waals surface area contributed by atoms with Crippen molar-refractivity contribution >= 4 is 0 Å². The Kier molecular flexibility index (Phi) is 1.93. The first-order valence-corrected chi connectivity index (χ1v) is 3.19. The first kappa shape index (κ1) is 8.17. The van der Waals surface area contributed by atoms with Crippen LogP contribution < -0.4 is 5.32 Å². The van der Waals surface area contributed by atoms with E-state index in [9.17, 15) is 13.2 Å². The molecule has 0 amide bonds. The highest BCUT2D eigenvalue weighted by molar-refractivity contribution is 5.35. The summed E-state index contributed by atoms with van der Waals surface area (Å²) in [6.45, 7) is 1.69. The lowest BCUT2D eigenvalue weighted by atomic mass is 10.1. The van der Waals surface area contributed by atoms with Crippen molar-refractivity contribution in [2.45, 2.75) is 13.1 Å². The van der Waals surface area contributed by atoms with E-state index in [4.69, 9.17) is 0 Å². The van der Waals surface area contributed by atoms with Gasteiger partial charge in [0.1, 0.15) is 0 Å². The molecule has 1 heterocycles. The quantitative estimate of drug-likeness (QED) is 0.575. The first-order valence-electron chi connectivity index (χ1n) is 3.19. The minimum absolute atomic E-state index is 0.240. The van der Waals surface area contributed by atoms with Gasteiger partial charge in [0.25, 0.3) is 0 Å². The maximum absolute atomic E-state index is 12.1. The van der Waals surface area contributed by atoms with Gasteiger partial charge in [-0.05, 0) is 12.5 Å². The molecule has 11 heavy (non-hydrogen) atoms. The predicted molar refractivity (Wildman–Crippen MR) is 35.9 cm³/mol. The van der Waals surface area contributed by atoms with Crippen molar-refractivity contribution in [3.63, 3.8) is 0 Å². The molecule has 0 fully saturated rings. The molecule has 0 aromatic heterocycles. The molecule has 0 aromatic carbocycles. The summed E-state index contributed by atoms with van der Waals surface area (Å²) in [7, 11) is 0. The van der Waals surface area contributed by atoms with E-state index in [-0.39, 0.29) is 12.1 Å². The average molecular weight is 163 g/mol. The third-order valence-electron chi connectivity index (χ3n) is 1.47. The van der Waals surface area contributed by atoms with Gasteiger partial charge in [-0.3, -0.25) is 0 Å². The molecular formula is C7H8F3N. The van der Waals surface area contributed by atoms with E-state index in [2.05, 4.69) is 5.32 Å². The van der Waals surface area contributed by atoms with E-state index < -0.39 is 11.7 Å². The van der Waals surface area contributed by atoms with Gasteiger partial charge in [-0.25, -0.2) is 0 Å². The van der Waals surface area contributed by atoms with Crippen LogP contribution in [0.25, 0.3) is 0 Å². The highest BCUT2D eigenvalue weighted by atomic mass is 19.4. The maximum Gasteiger partial charge on any atom is 0.416 e. The van der Waals surface area contributed by atoms with Crippen LogP contribution in [0.4, 0.5) is 13.2 Å². The molecule has 0 spiro atoms. The monoisotopic (exact) mass is 163 g/mol. The second-order valence-corrected chi connectivity index (χ2v) is 2.35. The van der Waals surface area contributed by atoms with Gasteiger partial charge in [0.2, 0.25) is 0 Å². The summed E-state index contributed by atoms with van der Waals surface area (Å²) in [4.78, 5) is 0. The summed E-state index contributed by atoms with van der Waals surface area (Å²) in [5.74, 6) is 0. The van der Waals surface area contributed by atoms with Crippen LogP contribution in [0.5, 0.6) is 0 Å². The number of alkyl halides is 3. The van der Waals surface area contributed by atoms with Crippen molar-refractivity contribution in [1.29, 1.82) is 0 Å². The smallest absolute Gasteiger partial charge is 0.387 e. The van der Waals surface area contributed by atoms with Gasteiger partial charge in [0.05, 0.1) is 5.57 Å². The van der Waals surface area contributed by atoms with E-state index in [1.807, 2.05) is 0 Å². The summed E-state index contributed by atoms with van der Waals surface area (Å²) in [5.41, 5.74) is -0.292. The zero-order valence-electron chi connectivity index (χ0n) is 6.00. The molecule has 1 aliphatic rings. The van der Waals surface area contributed by atoms with Crippen LogP contribution in [0.2, 0.25) is 0 Å². The van der Waals surface area contributed by atoms with Crippen molar-refractivity contribution in [3.05, 3.63) is 23.4 Å². The molecule has 1 nitrogen and oxygen atoms in total. The lowest BCUT2D eigenvalue weighted by molar-refractivity contribution is -0.0897. The summed E-state index contributed by atoms with van der Waals surface area (Å²) in [6.07, 6.45) is -1.68. The topological polar surface area (TPSA) is 12.0 Å². The summed E-state index contributed by atoms with van der Waals surface area (Å²) in [6, 6.07) is 0. The molecule has 0 radical (unpaired) electrons. The molecule has 4 heteroatoms. The summed E-state index contributed by atoms with van der Waals surface area (Å²) >= 11 is 0. The minimum Gasteiger partial charge on any atom is -0.387 e. The molecule has 1 rings (SSSR count). The van der Waals surface area contributed by atoms with Gasteiger partial charge in [0, 0.05) is 12.7 Å². The van der Waals surface area contributed by atoms with Crippen LogP contribution in [0, 0.1) is 0 Å². The minimum atomic E-state index is -4.21. The normalized spacial score (nSPS) is 18.5. The van der Waals surface area contributed by atoms with E-state index in [1.165, 1.54) is 13.1 Å². The molecule has 0 saturated heterocycles. The Morgan fingerprint density at radius 2 is 2.09 bits per heavy atom. The van der Waals surface area contributed by atoms with Gasteiger partial charge >= 0.3 is 6.18 Å². The fraction of sp³-hybridized carbons (Fsp3) is 0.429. The molecule has 0 bridgehead atoms. The largest absolute Gasteiger partial charge is 0.416 e. The Hall–Kier alpha value is -0.930. The molecule has 0 unspecified atom stereocenters. The number of nitrogens with one attached hydrogen (secondary N) is 1. The van der Waals surface area contributed by atoms with Gasteiger partial charge in [-0.2, -0.15) is 13.2 Å². The zero-order chi connectivity index (χ0) is 8.48. The Balaban J connectivity index is 2.87. The lowest BCUT2D eigenvalue weighted by Crippen LogP contribution is -2.20. The number of dihydropyridines is 1. The van der Waals surface area contributed by atoms with Crippen LogP contribution in [-0.2, 0) is 0 Å². The lowest BCUT2D eigenvalue weighted by Gasteiger charge is -2.16. The van der Waals surface area contributed by atoms with Crippen molar-refractivity contribution in [1.82, 2.24) is 5.32 Å². The standard InChI is InChI=1S/C7H8F3N/c1-5-4-11-3-2-6(5)7(8,9)10/h2,4,11H,3H2,1H3. The van der Waals surface area contributed by atoms with Gasteiger partial charge in [-0.15, -0.1) is 0 Å². The van der Waals surface area contributed by atoms with Crippen LogP contribution in [-0.4, -0.2) is 12.7 Å². The fourth-order valence-electron chi connectivity index (χ4n) is 0.951. The molecule has 0 atom stereocenters. The molecule has 62 valence electrons. The zero-order valence-corrected chi connectivity index (χ0v) is 6.00. The van der Waals surface area contributed by atoms with Gasteiger partial charge in [0.15, 0.2) is 0 Å². The van der Waals surface area contributed by atoms with E-state index >= 15 is 0 Å². The highest BCUT2D eigenvalue weighted by Gasteiger charge is 2.34. The van der Waals surface area contributed by atoms with Crippen molar-refractivity contribution in [3.8, 4) is 0 Å². The molecule has 1 N–H and O–H groups in total. The SMILES string of the molecule is CC1=CNCC=C1C(F)(F)F. The van der Waals surface area contributed by atoms with E-state index in [1.54, 1.807) is 0 Å². The Morgan fingerprint density at radius 1 is 1.45 bits per heavy atom. The molecular weight excluding hydrogens is 155 g/mol. The summed E-state index contributed by atoms with van der Waals surface area (Å²) < 4.78 is 36.2. The van der Waals surface area contributed by atoms with E-state index in [0.717, 1.165) is 6.08 Å². The molecule has 1 aliphatic heterocycles. The van der Waals surface area contributed by atoms with Crippen molar-refractivity contribution in [2.75, 3.05) is 6.54 Å². The number of halogens is 3. The Labute approximate surface area is 62.6 Å². The second-order valence-electron chi connectivity index (χ2n) is 2.35. The number of hydrogen-bond acceptors (Lipinski definition) is 1. The van der Waals surface area contributed by atoms with Crippen molar-refractivity contribution < 1.29 is 13.2 Å². The number of allylic oxidation sites excluding steroid dienone is 2. The number of rotatable bonds is 0. The first-order chi connectivity index (χ1) is 5.02. The van der Waals surface area contributed by atoms with Crippen LogP contribution >= 0.6 is 0 Å². The Morgan fingerprint density at radius 3 is 2.45 bits per heavy atom. The maximum atomic E-state index is 12.1. The van der Waals surface area contributed by atoms with Crippen LogP contribution in [0.1, 0.15) is 6.92 Å². The average Bonchev–Trinajstić information content (AvgIpc) is 1.86. The molecule has 0 saturated carbocycles. The fourth-order valence-corrected chi connectivity index (χ4v) is 0.951. The summed E-state index contributed by atoms with van der Waals surface area (Å²) in [5, 5.41) is 2.70. The molecule has 0 aromatic rings. The van der Waals surface area contributed by atoms with E-state index in [0.29, 0.717) is 0 Å². The third-order valence-corrected chi connectivity index (χ3v) is 1.47. The van der Waals surface area contributed by atoms with Crippen LogP contribution in [0.15, 0.2) is 23.4 Å². The molecule has 0 aliphatic carbocycles. The Bertz CT molecular complexity index is 212. The highest BCUT2D eigenvalue weighted by Crippen LogP contribution is 2.31. The van der Waals surface area contributed by atoms with Crippen molar-refractivity contribution in [2.24, 2.45) is 0 Å². The predicted octanol–water partition coefficient (Wildman–Crippen LogP) is 1.98.